The smallest absolute Gasteiger partial charge is 0.449 e. The average Bonchev–Trinajstić information content (AvgIpc) is 2.87. The molecule has 1 aromatic heterocycles. The summed E-state index contributed by atoms with van der Waals surface area (Å²) in [6, 6.07) is 5.41. The molecule has 0 aliphatic heterocycles. The highest BCUT2D eigenvalue weighted by molar-refractivity contribution is 5.94. The van der Waals surface area contributed by atoms with E-state index >= 15 is 0 Å². The van der Waals surface area contributed by atoms with E-state index in [-0.39, 0.29) is 23.6 Å². The first-order valence-corrected chi connectivity index (χ1v) is 10.3. The Labute approximate surface area is 211 Å². The number of allylic oxidation sites excluding steroid dienone is 1. The van der Waals surface area contributed by atoms with Gasteiger partial charge in [-0.2, -0.15) is 13.2 Å². The summed E-state index contributed by atoms with van der Waals surface area (Å²) in [7, 11) is 0. The molecule has 0 amide bonds. The summed E-state index contributed by atoms with van der Waals surface area (Å²) in [5, 5.41) is 0. The van der Waals surface area contributed by atoms with Crippen molar-refractivity contribution in [3.05, 3.63) is 102 Å². The highest BCUT2D eigenvalue weighted by Gasteiger charge is 2.36. The Morgan fingerprint density at radius 1 is 0.895 bits per heavy atom. The second kappa shape index (κ2) is 11.4. The fourth-order valence-corrected chi connectivity index (χ4v) is 2.71. The lowest BCUT2D eigenvalue weighted by atomic mass is 10.1. The van der Waals surface area contributed by atoms with Crippen molar-refractivity contribution in [2.45, 2.75) is 6.18 Å². The molecule has 0 aliphatic rings. The van der Waals surface area contributed by atoms with Crippen LogP contribution < -0.4 is 4.74 Å². The topological polar surface area (TPSA) is 105 Å². The SMILES string of the molecule is C=CCOC(=O)c1cnc(-c2ccc(OC(=O)c3ccc(C(=O)OC(=C)C(F)(F)F)c(F)c3)c(F)c2)nc1. The number of nitrogens with zero attached hydrogens (tertiary/aromatic N) is 2. The predicted molar refractivity (Wildman–Crippen MR) is 120 cm³/mol. The normalized spacial score (nSPS) is 10.9. The number of carbonyl (C=O) groups excluding carboxylic acids is 3. The molecule has 0 saturated heterocycles. The number of ether oxygens (including phenoxy) is 3. The second-order valence-corrected chi connectivity index (χ2v) is 7.22. The first-order chi connectivity index (χ1) is 17.9. The first-order valence-electron chi connectivity index (χ1n) is 10.3. The van der Waals surface area contributed by atoms with Crippen LogP contribution in [0.3, 0.4) is 0 Å². The van der Waals surface area contributed by atoms with Crippen molar-refractivity contribution in [3.63, 3.8) is 0 Å². The van der Waals surface area contributed by atoms with E-state index in [0.29, 0.717) is 12.1 Å². The zero-order valence-corrected chi connectivity index (χ0v) is 19.1. The van der Waals surface area contributed by atoms with Gasteiger partial charge < -0.3 is 14.2 Å². The standard InChI is InChI=1S/C25H15F5N2O6/c1-3-8-36-22(33)16-11-31-21(32-12-16)14-5-7-20(19(27)9-14)38-23(34)15-4-6-17(18(26)10-15)24(35)37-13(2)25(28,29)30/h3-7,9-12H,1-2,8H2. The first kappa shape index (κ1) is 27.6. The van der Waals surface area contributed by atoms with Crippen LogP contribution in [0.1, 0.15) is 31.1 Å². The predicted octanol–water partition coefficient (Wildman–Crippen LogP) is 5.22. The van der Waals surface area contributed by atoms with Crippen molar-refractivity contribution in [2.24, 2.45) is 0 Å². The van der Waals surface area contributed by atoms with Crippen LogP contribution in [0.15, 0.2) is 73.8 Å². The van der Waals surface area contributed by atoms with Crippen molar-refractivity contribution < 1.29 is 50.5 Å². The van der Waals surface area contributed by atoms with Gasteiger partial charge in [0.1, 0.15) is 12.4 Å². The van der Waals surface area contributed by atoms with E-state index in [9.17, 15) is 36.3 Å². The molecule has 3 rings (SSSR count). The summed E-state index contributed by atoms with van der Waals surface area (Å²) in [6.07, 6.45) is -1.31. The van der Waals surface area contributed by atoms with Crippen LogP contribution in [0, 0.1) is 11.6 Å². The second-order valence-electron chi connectivity index (χ2n) is 7.22. The maximum atomic E-state index is 14.6. The minimum absolute atomic E-state index is 0.00653. The van der Waals surface area contributed by atoms with Gasteiger partial charge in [-0.1, -0.05) is 19.2 Å². The molecule has 1 heterocycles. The molecule has 0 N–H and O–H groups in total. The van der Waals surface area contributed by atoms with Gasteiger partial charge in [-0.05, 0) is 36.4 Å². The molecule has 0 aliphatic carbocycles. The monoisotopic (exact) mass is 534 g/mol. The number of rotatable bonds is 8. The van der Waals surface area contributed by atoms with Gasteiger partial charge in [0, 0.05) is 18.0 Å². The third-order valence-electron chi connectivity index (χ3n) is 4.57. The molecule has 13 heteroatoms. The van der Waals surface area contributed by atoms with Crippen molar-refractivity contribution in [2.75, 3.05) is 6.61 Å². The van der Waals surface area contributed by atoms with Gasteiger partial charge >= 0.3 is 24.1 Å². The molecule has 8 nitrogen and oxygen atoms in total. The Morgan fingerprint density at radius 3 is 2.16 bits per heavy atom. The lowest BCUT2D eigenvalue weighted by molar-refractivity contribution is -0.122. The van der Waals surface area contributed by atoms with Gasteiger partial charge in [-0.3, -0.25) is 0 Å². The largest absolute Gasteiger partial charge is 0.458 e. The molecular formula is C25H15F5N2O6. The fourth-order valence-electron chi connectivity index (χ4n) is 2.71. The maximum Gasteiger partial charge on any atom is 0.449 e. The number of benzene rings is 2. The third-order valence-corrected chi connectivity index (χ3v) is 4.57. The summed E-state index contributed by atoms with van der Waals surface area (Å²) in [5.41, 5.74) is -1.15. The van der Waals surface area contributed by atoms with Crippen LogP contribution in [-0.2, 0) is 9.47 Å². The third kappa shape index (κ3) is 6.63. The summed E-state index contributed by atoms with van der Waals surface area (Å²) < 4.78 is 79.9. The van der Waals surface area contributed by atoms with E-state index in [4.69, 9.17) is 9.47 Å². The number of aromatic nitrogens is 2. The number of carbonyl (C=O) groups is 3. The number of alkyl halides is 3. The summed E-state index contributed by atoms with van der Waals surface area (Å²) in [6.45, 7) is 5.95. The minimum Gasteiger partial charge on any atom is -0.458 e. The molecule has 196 valence electrons. The highest BCUT2D eigenvalue weighted by Crippen LogP contribution is 2.27. The highest BCUT2D eigenvalue weighted by atomic mass is 19.4. The number of halogens is 5. The zero-order chi connectivity index (χ0) is 28.0. The molecule has 0 bridgehead atoms. The van der Waals surface area contributed by atoms with Gasteiger partial charge in [0.05, 0.1) is 16.7 Å². The van der Waals surface area contributed by atoms with Gasteiger partial charge in [0.25, 0.3) is 0 Å². The molecule has 3 aromatic rings. The van der Waals surface area contributed by atoms with Crippen LogP contribution in [0.4, 0.5) is 22.0 Å². The van der Waals surface area contributed by atoms with E-state index < -0.39 is 58.4 Å². The van der Waals surface area contributed by atoms with Gasteiger partial charge in [-0.15, -0.1) is 0 Å². The Bertz CT molecular complexity index is 1420. The van der Waals surface area contributed by atoms with Crippen molar-refractivity contribution in [1.82, 2.24) is 9.97 Å². The van der Waals surface area contributed by atoms with Crippen LogP contribution >= 0.6 is 0 Å². The van der Waals surface area contributed by atoms with Crippen molar-refractivity contribution >= 4 is 17.9 Å². The molecular weight excluding hydrogens is 519 g/mol. The quantitative estimate of drug-likeness (QED) is 0.127. The Kier molecular flexibility index (Phi) is 8.30. The number of hydrogen-bond acceptors (Lipinski definition) is 8. The molecule has 0 fully saturated rings. The molecule has 0 saturated carbocycles. The van der Waals surface area contributed by atoms with E-state index in [0.717, 1.165) is 18.2 Å². The van der Waals surface area contributed by atoms with E-state index in [1.165, 1.54) is 24.5 Å². The van der Waals surface area contributed by atoms with Crippen LogP contribution in [0.2, 0.25) is 0 Å². The van der Waals surface area contributed by atoms with Crippen molar-refractivity contribution in [3.8, 4) is 17.1 Å². The van der Waals surface area contributed by atoms with Crippen LogP contribution in [-0.4, -0.2) is 40.7 Å². The van der Waals surface area contributed by atoms with Crippen LogP contribution in [0.25, 0.3) is 11.4 Å². The maximum absolute atomic E-state index is 14.6. The lowest BCUT2D eigenvalue weighted by Gasteiger charge is -2.11. The van der Waals surface area contributed by atoms with Gasteiger partial charge in [0.15, 0.2) is 17.4 Å². The molecule has 2 aromatic carbocycles. The fraction of sp³-hybridized carbons (Fsp3) is 0.0800. The van der Waals surface area contributed by atoms with Crippen molar-refractivity contribution in [1.29, 1.82) is 0 Å². The van der Waals surface area contributed by atoms with Gasteiger partial charge in [-0.25, -0.2) is 33.1 Å². The van der Waals surface area contributed by atoms with E-state index in [2.05, 4.69) is 27.9 Å². The average molecular weight is 534 g/mol. The summed E-state index contributed by atoms with van der Waals surface area (Å²) in [5.74, 6) is -8.35. The Morgan fingerprint density at radius 2 is 1.58 bits per heavy atom. The molecule has 38 heavy (non-hydrogen) atoms. The zero-order valence-electron chi connectivity index (χ0n) is 19.1. The van der Waals surface area contributed by atoms with E-state index in [1.807, 2.05) is 0 Å². The number of hydrogen-bond donors (Lipinski definition) is 0. The van der Waals surface area contributed by atoms with Gasteiger partial charge in [0.2, 0.25) is 5.76 Å². The minimum atomic E-state index is -5.04. The molecule has 0 spiro atoms. The summed E-state index contributed by atoms with van der Waals surface area (Å²) in [4.78, 5) is 43.8. The van der Waals surface area contributed by atoms with Crippen LogP contribution in [0.5, 0.6) is 5.75 Å². The number of esters is 3. The Balaban J connectivity index is 1.70. The Hall–Kier alpha value is -4.94. The molecule has 0 atom stereocenters. The molecule has 0 unspecified atom stereocenters. The lowest BCUT2D eigenvalue weighted by Crippen LogP contribution is -2.18. The van der Waals surface area contributed by atoms with E-state index in [1.54, 1.807) is 0 Å². The molecule has 0 radical (unpaired) electrons. The summed E-state index contributed by atoms with van der Waals surface area (Å²) >= 11 is 0.